The Bertz CT molecular complexity index is 1330. The first kappa shape index (κ1) is 28.6. The number of aliphatic hydroxyl groups excluding tert-OH is 1. The molecule has 2 aliphatic heterocycles. The molecule has 4 rings (SSSR count). The topological polar surface area (TPSA) is 115 Å². The highest BCUT2D eigenvalue weighted by Crippen LogP contribution is 2.32. The maximum atomic E-state index is 13.6. The highest BCUT2D eigenvalue weighted by Gasteiger charge is 2.34. The number of rotatable bonds is 8. The summed E-state index contributed by atoms with van der Waals surface area (Å²) < 4.78 is 79.8. The number of hydrogen-bond acceptors (Lipinski definition) is 7. The Kier molecular flexibility index (Phi) is 8.64. The largest absolute Gasteiger partial charge is 0.395 e. The van der Waals surface area contributed by atoms with Gasteiger partial charge in [0, 0.05) is 50.4 Å². The number of pyridine rings is 1. The van der Waals surface area contributed by atoms with Crippen molar-refractivity contribution < 1.29 is 35.9 Å². The van der Waals surface area contributed by atoms with Gasteiger partial charge in [-0.3, -0.25) is 9.52 Å². The second-order valence-electron chi connectivity index (χ2n) is 9.41. The molecular weight excluding hydrogens is 542 g/mol. The van der Waals surface area contributed by atoms with Crippen molar-refractivity contribution in [2.24, 2.45) is 0 Å². The quantitative estimate of drug-likeness (QED) is 0.410. The van der Waals surface area contributed by atoms with Gasteiger partial charge in [0.1, 0.15) is 11.6 Å². The van der Waals surface area contributed by atoms with Crippen LogP contribution in [-0.2, 0) is 10.0 Å². The van der Waals surface area contributed by atoms with Crippen molar-refractivity contribution in [2.45, 2.75) is 31.6 Å². The number of carbonyl (C=O) groups excluding carboxylic acids is 1. The molecule has 0 saturated carbocycles. The molecule has 3 N–H and O–H groups in total. The van der Waals surface area contributed by atoms with E-state index in [0.29, 0.717) is 11.4 Å². The lowest BCUT2D eigenvalue weighted by Crippen LogP contribution is -2.39. The van der Waals surface area contributed by atoms with Gasteiger partial charge < -0.3 is 20.2 Å². The van der Waals surface area contributed by atoms with E-state index in [4.69, 9.17) is 5.11 Å². The minimum absolute atomic E-state index is 0.0179. The summed E-state index contributed by atoms with van der Waals surface area (Å²) in [7, 11) is -3.90. The first-order valence-corrected chi connectivity index (χ1v) is 14.1. The van der Waals surface area contributed by atoms with Crippen molar-refractivity contribution >= 4 is 38.9 Å². The van der Waals surface area contributed by atoms with E-state index in [9.17, 15) is 30.8 Å². The number of aliphatic hydroxyl groups is 1. The molecule has 1 amide bonds. The molecule has 1 aromatic heterocycles. The molecule has 2 aromatic rings. The van der Waals surface area contributed by atoms with Crippen LogP contribution in [0.5, 0.6) is 0 Å². The molecule has 0 aliphatic carbocycles. The highest BCUT2D eigenvalue weighted by atomic mass is 32.2. The number of alkyl halides is 2. The molecule has 0 unspecified atom stereocenters. The van der Waals surface area contributed by atoms with E-state index >= 15 is 0 Å². The first-order chi connectivity index (χ1) is 18.5. The number of nitrogens with zero attached hydrogens (tertiary/aromatic N) is 3. The fourth-order valence-electron chi connectivity index (χ4n) is 4.50. The van der Waals surface area contributed by atoms with Gasteiger partial charge in [-0.1, -0.05) is 6.07 Å². The summed E-state index contributed by atoms with van der Waals surface area (Å²) in [6, 6.07) is 9.46. The van der Waals surface area contributed by atoms with E-state index in [0.717, 1.165) is 0 Å². The zero-order chi connectivity index (χ0) is 28.2. The van der Waals surface area contributed by atoms with Crippen LogP contribution in [0.2, 0.25) is 0 Å². The maximum Gasteiger partial charge on any atom is 0.269 e. The zero-order valence-electron chi connectivity index (χ0n) is 21.0. The second kappa shape index (κ2) is 11.8. The predicted molar refractivity (Wildman–Crippen MR) is 140 cm³/mol. The van der Waals surface area contributed by atoms with Gasteiger partial charge in [-0.2, -0.15) is 8.78 Å². The molecule has 14 heteroatoms. The number of carbonyl (C=O) groups is 1. The molecule has 2 saturated heterocycles. The minimum Gasteiger partial charge on any atom is -0.395 e. The van der Waals surface area contributed by atoms with Crippen molar-refractivity contribution in [2.75, 3.05) is 58.4 Å². The second-order valence-corrected chi connectivity index (χ2v) is 11.3. The molecule has 2 fully saturated rings. The smallest absolute Gasteiger partial charge is 0.269 e. The van der Waals surface area contributed by atoms with E-state index < -0.39 is 40.3 Å². The molecular formula is C25H29F4N5O4S. The van der Waals surface area contributed by atoms with Crippen molar-refractivity contribution in [3.05, 3.63) is 53.6 Å². The summed E-state index contributed by atoms with van der Waals surface area (Å²) in [5, 5.41) is 11.8. The van der Waals surface area contributed by atoms with Crippen molar-refractivity contribution in [3.63, 3.8) is 0 Å². The predicted octanol–water partition coefficient (Wildman–Crippen LogP) is 4.05. The highest BCUT2D eigenvalue weighted by molar-refractivity contribution is 7.92. The monoisotopic (exact) mass is 571 g/mol. The number of nitrogens with one attached hydrogen (secondary N) is 2. The van der Waals surface area contributed by atoms with Crippen LogP contribution in [0.4, 0.5) is 40.6 Å². The van der Waals surface area contributed by atoms with Gasteiger partial charge in [-0.25, -0.2) is 22.2 Å². The third-order valence-corrected chi connectivity index (χ3v) is 7.88. The van der Waals surface area contributed by atoms with Crippen LogP contribution in [0.25, 0.3) is 0 Å². The Hall–Kier alpha value is -3.39. The SMILES string of the molecule is O=C(Nc1cccc(N2CCC(F)(F)CC2)c1)c1ccc(NS(=O)(=O)CCO)nc1N1CCC(=C(F)F)CC1. The summed E-state index contributed by atoms with van der Waals surface area (Å²) >= 11 is 0. The van der Waals surface area contributed by atoms with E-state index in [1.165, 1.54) is 12.1 Å². The van der Waals surface area contributed by atoms with Crippen LogP contribution in [0.15, 0.2) is 48.1 Å². The number of aromatic nitrogens is 1. The molecule has 39 heavy (non-hydrogen) atoms. The van der Waals surface area contributed by atoms with Gasteiger partial charge in [0.2, 0.25) is 10.0 Å². The molecule has 3 heterocycles. The van der Waals surface area contributed by atoms with Crippen LogP contribution in [0.1, 0.15) is 36.0 Å². The molecule has 0 spiro atoms. The summed E-state index contributed by atoms with van der Waals surface area (Å²) in [6.45, 7) is 0.0371. The van der Waals surface area contributed by atoms with E-state index in [2.05, 4.69) is 15.0 Å². The number of sulfonamides is 1. The summed E-state index contributed by atoms with van der Waals surface area (Å²) in [5.41, 5.74) is 1.20. The molecule has 212 valence electrons. The Labute approximate surface area is 223 Å². The lowest BCUT2D eigenvalue weighted by molar-refractivity contribution is -0.0220. The Balaban J connectivity index is 1.57. The van der Waals surface area contributed by atoms with Gasteiger partial charge in [-0.15, -0.1) is 0 Å². The van der Waals surface area contributed by atoms with E-state index in [1.807, 2.05) is 4.90 Å². The number of benzene rings is 1. The third-order valence-electron chi connectivity index (χ3n) is 6.64. The molecule has 1 aromatic carbocycles. The zero-order valence-corrected chi connectivity index (χ0v) is 21.8. The first-order valence-electron chi connectivity index (χ1n) is 12.4. The van der Waals surface area contributed by atoms with Crippen molar-refractivity contribution in [1.29, 1.82) is 0 Å². The third kappa shape index (κ3) is 7.38. The minimum atomic E-state index is -3.90. The number of hydrogen-bond donors (Lipinski definition) is 3. The lowest BCUT2D eigenvalue weighted by atomic mass is 10.0. The number of piperidine rings is 2. The Morgan fingerprint density at radius 1 is 1.03 bits per heavy atom. The molecule has 2 aliphatic rings. The number of amides is 1. The Morgan fingerprint density at radius 3 is 2.36 bits per heavy atom. The van der Waals surface area contributed by atoms with Gasteiger partial charge >= 0.3 is 0 Å². The van der Waals surface area contributed by atoms with Crippen LogP contribution < -0.4 is 19.8 Å². The summed E-state index contributed by atoms with van der Waals surface area (Å²) in [6.07, 6.45) is -2.13. The van der Waals surface area contributed by atoms with Crippen LogP contribution in [0, 0.1) is 0 Å². The number of anilines is 4. The van der Waals surface area contributed by atoms with Gasteiger partial charge in [-0.05, 0) is 48.7 Å². The number of halogens is 4. The maximum absolute atomic E-state index is 13.6. The van der Waals surface area contributed by atoms with E-state index in [-0.39, 0.29) is 74.6 Å². The fraction of sp³-hybridized carbons (Fsp3) is 0.440. The molecule has 0 bridgehead atoms. The van der Waals surface area contributed by atoms with Crippen molar-refractivity contribution in [3.8, 4) is 0 Å². The lowest BCUT2D eigenvalue weighted by Gasteiger charge is -2.33. The van der Waals surface area contributed by atoms with Gasteiger partial charge in [0.05, 0.1) is 17.9 Å². The summed E-state index contributed by atoms with van der Waals surface area (Å²) in [4.78, 5) is 21.1. The molecule has 0 radical (unpaired) electrons. The van der Waals surface area contributed by atoms with Gasteiger partial charge in [0.15, 0.2) is 0 Å². The van der Waals surface area contributed by atoms with Crippen LogP contribution in [-0.4, -0.2) is 68.9 Å². The van der Waals surface area contributed by atoms with E-state index in [1.54, 1.807) is 29.2 Å². The van der Waals surface area contributed by atoms with Crippen molar-refractivity contribution in [1.82, 2.24) is 4.98 Å². The average Bonchev–Trinajstić information content (AvgIpc) is 2.88. The molecule has 9 nitrogen and oxygen atoms in total. The standard InChI is InChI=1S/C25H29F4N5O4S/c26-22(27)17-6-10-34(11-7-17)23-20(4-5-21(31-23)32-39(37,38)15-14-35)24(36)30-18-2-1-3-19(16-18)33-12-8-25(28,29)9-13-33/h1-5,16,35H,6-15H2,(H,30,36)(H,31,32). The fourth-order valence-corrected chi connectivity index (χ4v) is 5.28. The average molecular weight is 572 g/mol. The van der Waals surface area contributed by atoms with Crippen LogP contribution in [0.3, 0.4) is 0 Å². The summed E-state index contributed by atoms with van der Waals surface area (Å²) in [5.74, 6) is -3.78. The normalized spacial score (nSPS) is 17.6. The van der Waals surface area contributed by atoms with Gasteiger partial charge in [0.25, 0.3) is 17.9 Å². The Morgan fingerprint density at radius 2 is 1.72 bits per heavy atom. The van der Waals surface area contributed by atoms with Crippen LogP contribution >= 0.6 is 0 Å². The molecule has 0 atom stereocenters.